The predicted octanol–water partition coefficient (Wildman–Crippen LogP) is 1.14. The van der Waals surface area contributed by atoms with E-state index in [0.29, 0.717) is 19.6 Å². The number of benzene rings is 1. The maximum absolute atomic E-state index is 11.3. The number of methoxy groups -OCH3 is 1. The van der Waals surface area contributed by atoms with Gasteiger partial charge in [-0.25, -0.2) is 0 Å². The molecule has 0 spiro atoms. The van der Waals surface area contributed by atoms with Crippen LogP contribution in [0.3, 0.4) is 0 Å². The van der Waals surface area contributed by atoms with Crippen LogP contribution in [0.1, 0.15) is 18.4 Å². The summed E-state index contributed by atoms with van der Waals surface area (Å²) in [6, 6.07) is 8.16. The highest BCUT2D eigenvalue weighted by atomic mass is 16.5. The van der Waals surface area contributed by atoms with Gasteiger partial charge in [-0.3, -0.25) is 4.79 Å². The van der Waals surface area contributed by atoms with Crippen LogP contribution >= 0.6 is 0 Å². The Balaban J connectivity index is 2.55. The fourth-order valence-electron chi connectivity index (χ4n) is 1.99. The monoisotopic (exact) mass is 279 g/mol. The third-order valence-electron chi connectivity index (χ3n) is 3.09. The predicted molar refractivity (Wildman–Crippen MR) is 81.8 cm³/mol. The van der Waals surface area contributed by atoms with E-state index in [4.69, 9.17) is 10.5 Å². The Hall–Kier alpha value is -1.59. The summed E-state index contributed by atoms with van der Waals surface area (Å²) in [5.41, 5.74) is 7.57. The molecule has 0 bridgehead atoms. The van der Waals surface area contributed by atoms with Crippen molar-refractivity contribution in [1.82, 2.24) is 5.32 Å². The average Bonchev–Trinajstić information content (AvgIpc) is 2.47. The molecule has 0 radical (unpaired) electrons. The first-order valence-corrected chi connectivity index (χ1v) is 6.94. The van der Waals surface area contributed by atoms with Gasteiger partial charge in [0.05, 0.1) is 13.0 Å². The minimum absolute atomic E-state index is 0.0194. The smallest absolute Gasteiger partial charge is 0.224 e. The first-order chi connectivity index (χ1) is 9.69. The lowest BCUT2D eigenvalue weighted by Gasteiger charge is -2.19. The first-order valence-electron chi connectivity index (χ1n) is 6.94. The van der Waals surface area contributed by atoms with Gasteiger partial charge in [0, 0.05) is 25.9 Å². The minimum Gasteiger partial charge on any atom is -0.383 e. The molecule has 112 valence electrons. The molecular weight excluding hydrogens is 254 g/mol. The molecule has 1 aromatic carbocycles. The molecule has 0 saturated heterocycles. The molecule has 0 saturated carbocycles. The molecule has 0 aliphatic carbocycles. The second-order valence-corrected chi connectivity index (χ2v) is 4.77. The lowest BCUT2D eigenvalue weighted by atomic mass is 10.1. The van der Waals surface area contributed by atoms with Crippen LogP contribution in [0.5, 0.6) is 0 Å². The summed E-state index contributed by atoms with van der Waals surface area (Å²) in [5, 5.41) is 6.05. The third kappa shape index (κ3) is 6.04. The number of hydrogen-bond acceptors (Lipinski definition) is 4. The summed E-state index contributed by atoms with van der Waals surface area (Å²) in [4.78, 5) is 11.3. The zero-order valence-electron chi connectivity index (χ0n) is 12.3. The Morgan fingerprint density at radius 3 is 2.60 bits per heavy atom. The van der Waals surface area contributed by atoms with Crippen molar-refractivity contribution in [3.05, 3.63) is 29.8 Å². The van der Waals surface area contributed by atoms with Crippen molar-refractivity contribution >= 4 is 11.6 Å². The Kier molecular flexibility index (Phi) is 7.69. The highest BCUT2D eigenvalue weighted by Crippen LogP contribution is 2.13. The summed E-state index contributed by atoms with van der Waals surface area (Å²) in [7, 11) is 3.34. The topological polar surface area (TPSA) is 76.4 Å². The first kappa shape index (κ1) is 16.5. The number of anilines is 1. The number of nitrogens with two attached hydrogens (primary N) is 1. The van der Waals surface area contributed by atoms with E-state index in [1.165, 1.54) is 0 Å². The normalized spacial score (nSPS) is 11.9. The fourth-order valence-corrected chi connectivity index (χ4v) is 1.99. The number of carbonyl (C=O) groups excluding carboxylic acids is 1. The molecule has 0 fully saturated rings. The molecule has 0 aromatic heterocycles. The molecule has 5 heteroatoms. The van der Waals surface area contributed by atoms with Gasteiger partial charge in [0.2, 0.25) is 5.91 Å². The molecule has 4 N–H and O–H groups in total. The molecule has 0 heterocycles. The van der Waals surface area contributed by atoms with Gasteiger partial charge in [-0.05, 0) is 37.1 Å². The molecule has 1 rings (SSSR count). The lowest BCUT2D eigenvalue weighted by molar-refractivity contribution is -0.119. The number of rotatable bonds is 9. The van der Waals surface area contributed by atoms with Gasteiger partial charge in [-0.2, -0.15) is 0 Å². The number of amides is 1. The van der Waals surface area contributed by atoms with E-state index in [2.05, 4.69) is 10.6 Å². The summed E-state index contributed by atoms with van der Waals surface area (Å²) in [6.45, 7) is 1.34. The van der Waals surface area contributed by atoms with Gasteiger partial charge in [0.15, 0.2) is 0 Å². The van der Waals surface area contributed by atoms with Crippen molar-refractivity contribution in [2.75, 3.05) is 32.6 Å². The van der Waals surface area contributed by atoms with E-state index in [9.17, 15) is 4.79 Å². The lowest BCUT2D eigenvalue weighted by Crippen LogP contribution is -2.25. The largest absolute Gasteiger partial charge is 0.383 e. The van der Waals surface area contributed by atoms with Crippen LogP contribution in [-0.4, -0.2) is 39.3 Å². The standard InChI is InChI=1S/C15H25N3O2/c1-17-15(19)10-12-5-7-13(8-6-12)18-14(11-20-2)4-3-9-16/h5-8,14,18H,3-4,9-11,16H2,1-2H3,(H,17,19). The number of carbonyl (C=O) groups is 1. The van der Waals surface area contributed by atoms with E-state index in [-0.39, 0.29) is 11.9 Å². The van der Waals surface area contributed by atoms with Gasteiger partial charge < -0.3 is 21.1 Å². The van der Waals surface area contributed by atoms with Crippen LogP contribution in [0.25, 0.3) is 0 Å². The molecule has 5 nitrogen and oxygen atoms in total. The average molecular weight is 279 g/mol. The molecule has 1 atom stereocenters. The molecule has 0 aliphatic heterocycles. The molecule has 1 unspecified atom stereocenters. The van der Waals surface area contributed by atoms with E-state index in [1.807, 2.05) is 24.3 Å². The summed E-state index contributed by atoms with van der Waals surface area (Å²) >= 11 is 0. The van der Waals surface area contributed by atoms with Gasteiger partial charge in [-0.15, -0.1) is 0 Å². The van der Waals surface area contributed by atoms with E-state index in [1.54, 1.807) is 14.2 Å². The molecule has 20 heavy (non-hydrogen) atoms. The van der Waals surface area contributed by atoms with Crippen LogP contribution in [-0.2, 0) is 16.0 Å². The number of hydrogen-bond donors (Lipinski definition) is 3. The third-order valence-corrected chi connectivity index (χ3v) is 3.09. The number of likely N-dealkylation sites (N-methyl/N-ethyl adjacent to an activating group) is 1. The summed E-state index contributed by atoms with van der Waals surface area (Å²) < 4.78 is 5.21. The summed E-state index contributed by atoms with van der Waals surface area (Å²) in [6.07, 6.45) is 2.35. The summed E-state index contributed by atoms with van der Waals surface area (Å²) in [5.74, 6) is 0.0194. The van der Waals surface area contributed by atoms with Crippen molar-refractivity contribution in [2.24, 2.45) is 5.73 Å². The maximum atomic E-state index is 11.3. The fraction of sp³-hybridized carbons (Fsp3) is 0.533. The SMILES string of the molecule is CNC(=O)Cc1ccc(NC(CCCN)COC)cc1. The van der Waals surface area contributed by atoms with Crippen LogP contribution in [0, 0.1) is 0 Å². The van der Waals surface area contributed by atoms with E-state index < -0.39 is 0 Å². The van der Waals surface area contributed by atoms with Gasteiger partial charge in [0.25, 0.3) is 0 Å². The van der Waals surface area contributed by atoms with Crippen molar-refractivity contribution in [1.29, 1.82) is 0 Å². The highest BCUT2D eigenvalue weighted by molar-refractivity contribution is 5.78. The van der Waals surface area contributed by atoms with Gasteiger partial charge >= 0.3 is 0 Å². The van der Waals surface area contributed by atoms with Crippen LogP contribution in [0.2, 0.25) is 0 Å². The number of ether oxygens (including phenoxy) is 1. The molecule has 1 amide bonds. The Bertz CT molecular complexity index is 393. The minimum atomic E-state index is 0.0194. The Labute approximate surface area is 120 Å². The zero-order valence-corrected chi connectivity index (χ0v) is 12.3. The van der Waals surface area contributed by atoms with Crippen molar-refractivity contribution in [3.8, 4) is 0 Å². The molecule has 1 aromatic rings. The van der Waals surface area contributed by atoms with E-state index in [0.717, 1.165) is 24.1 Å². The van der Waals surface area contributed by atoms with Crippen LogP contribution < -0.4 is 16.4 Å². The van der Waals surface area contributed by atoms with Gasteiger partial charge in [0.1, 0.15) is 0 Å². The maximum Gasteiger partial charge on any atom is 0.224 e. The second kappa shape index (κ2) is 9.34. The molecule has 0 aliphatic rings. The van der Waals surface area contributed by atoms with Crippen molar-refractivity contribution in [2.45, 2.75) is 25.3 Å². The Morgan fingerprint density at radius 1 is 1.35 bits per heavy atom. The zero-order chi connectivity index (χ0) is 14.8. The van der Waals surface area contributed by atoms with Crippen molar-refractivity contribution < 1.29 is 9.53 Å². The highest BCUT2D eigenvalue weighted by Gasteiger charge is 2.08. The second-order valence-electron chi connectivity index (χ2n) is 4.77. The number of nitrogens with one attached hydrogen (secondary N) is 2. The van der Waals surface area contributed by atoms with Crippen LogP contribution in [0.15, 0.2) is 24.3 Å². The quantitative estimate of drug-likeness (QED) is 0.633. The Morgan fingerprint density at radius 2 is 2.05 bits per heavy atom. The molecular formula is C15H25N3O2. The van der Waals surface area contributed by atoms with Crippen molar-refractivity contribution in [3.63, 3.8) is 0 Å². The van der Waals surface area contributed by atoms with E-state index >= 15 is 0 Å². The van der Waals surface area contributed by atoms with Crippen LogP contribution in [0.4, 0.5) is 5.69 Å². The van der Waals surface area contributed by atoms with Gasteiger partial charge in [-0.1, -0.05) is 12.1 Å².